The molecule has 2 unspecified atom stereocenters. The van der Waals surface area contributed by atoms with Crippen molar-refractivity contribution in [2.24, 2.45) is 0 Å². The van der Waals surface area contributed by atoms with Crippen molar-refractivity contribution >= 4 is 27.3 Å². The zero-order valence-corrected chi connectivity index (χ0v) is 13.5. The van der Waals surface area contributed by atoms with E-state index in [4.69, 9.17) is 4.74 Å². The Bertz CT molecular complexity index is 500. The van der Waals surface area contributed by atoms with Gasteiger partial charge >= 0.3 is 0 Å². The maximum atomic E-state index is 5.75. The van der Waals surface area contributed by atoms with Crippen molar-refractivity contribution in [3.8, 4) is 0 Å². The van der Waals surface area contributed by atoms with E-state index >= 15 is 0 Å². The van der Waals surface area contributed by atoms with Crippen LogP contribution in [0.2, 0.25) is 0 Å². The van der Waals surface area contributed by atoms with Crippen LogP contribution < -0.4 is 5.32 Å². The Kier molecular flexibility index (Phi) is 5.58. The van der Waals surface area contributed by atoms with Gasteiger partial charge in [-0.2, -0.15) is 11.3 Å². The molecule has 19 heavy (non-hydrogen) atoms. The minimum absolute atomic E-state index is 0.00653. The molecule has 1 aromatic carbocycles. The average Bonchev–Trinajstić information content (AvgIpc) is 2.86. The number of rotatable bonds is 6. The van der Waals surface area contributed by atoms with E-state index in [1.54, 1.807) is 18.4 Å². The van der Waals surface area contributed by atoms with Gasteiger partial charge < -0.3 is 10.1 Å². The van der Waals surface area contributed by atoms with Gasteiger partial charge in [-0.3, -0.25) is 0 Å². The largest absolute Gasteiger partial charge is 0.375 e. The number of halogens is 1. The van der Waals surface area contributed by atoms with Gasteiger partial charge in [0, 0.05) is 17.0 Å². The van der Waals surface area contributed by atoms with Crippen LogP contribution in [0.15, 0.2) is 45.6 Å². The lowest BCUT2D eigenvalue weighted by Gasteiger charge is -2.27. The third-order valence-electron chi connectivity index (χ3n) is 3.09. The second kappa shape index (κ2) is 7.20. The first-order valence-corrected chi connectivity index (χ1v) is 8.04. The fourth-order valence-electron chi connectivity index (χ4n) is 2.22. The second-order valence-corrected chi connectivity index (χ2v) is 5.88. The van der Waals surface area contributed by atoms with E-state index in [0.717, 1.165) is 11.0 Å². The van der Waals surface area contributed by atoms with Gasteiger partial charge in [-0.25, -0.2) is 0 Å². The molecule has 1 heterocycles. The van der Waals surface area contributed by atoms with Crippen LogP contribution in [0.3, 0.4) is 0 Å². The molecule has 1 N–H and O–H groups in total. The zero-order valence-electron chi connectivity index (χ0n) is 11.1. The fourth-order valence-corrected chi connectivity index (χ4v) is 3.80. The molecule has 0 amide bonds. The number of nitrogens with one attached hydrogen (secondary N) is 1. The highest BCUT2D eigenvalue weighted by Gasteiger charge is 2.25. The lowest BCUT2D eigenvalue weighted by atomic mass is 9.97. The summed E-state index contributed by atoms with van der Waals surface area (Å²) >= 11 is 5.32. The third kappa shape index (κ3) is 3.45. The van der Waals surface area contributed by atoms with Gasteiger partial charge in [0.1, 0.15) is 6.10 Å². The maximum absolute atomic E-state index is 5.75. The number of thiophene rings is 1. The predicted molar refractivity (Wildman–Crippen MR) is 84.6 cm³/mol. The number of hydrogen-bond donors (Lipinski definition) is 1. The smallest absolute Gasteiger partial charge is 0.102 e. The zero-order chi connectivity index (χ0) is 13.7. The molecule has 0 saturated heterocycles. The molecule has 0 radical (unpaired) electrons. The van der Waals surface area contributed by atoms with Crippen LogP contribution in [0.5, 0.6) is 0 Å². The molecular formula is C15H18BrNOS. The Morgan fingerprint density at radius 1 is 1.26 bits per heavy atom. The van der Waals surface area contributed by atoms with Crippen molar-refractivity contribution in [3.63, 3.8) is 0 Å². The van der Waals surface area contributed by atoms with Crippen molar-refractivity contribution in [1.29, 1.82) is 0 Å². The minimum atomic E-state index is 0.00653. The summed E-state index contributed by atoms with van der Waals surface area (Å²) in [6.07, 6.45) is 0.00653. The maximum Gasteiger partial charge on any atom is 0.102 e. The molecule has 4 heteroatoms. The van der Waals surface area contributed by atoms with Crippen LogP contribution in [0.1, 0.15) is 30.2 Å². The van der Waals surface area contributed by atoms with E-state index in [9.17, 15) is 0 Å². The van der Waals surface area contributed by atoms with E-state index in [1.165, 1.54) is 11.1 Å². The Labute approximate surface area is 126 Å². The van der Waals surface area contributed by atoms with Gasteiger partial charge in [0.15, 0.2) is 0 Å². The van der Waals surface area contributed by atoms with Gasteiger partial charge in [0.2, 0.25) is 0 Å². The molecule has 0 aliphatic carbocycles. The van der Waals surface area contributed by atoms with Crippen LogP contribution in [0, 0.1) is 0 Å². The van der Waals surface area contributed by atoms with Crippen molar-refractivity contribution in [2.75, 3.05) is 13.7 Å². The normalized spacial score (nSPS) is 14.3. The Morgan fingerprint density at radius 2 is 2.00 bits per heavy atom. The molecule has 1 aromatic heterocycles. The SMILES string of the molecule is CCNC(c1cscc1Br)C(OC)c1ccccc1. The highest BCUT2D eigenvalue weighted by Crippen LogP contribution is 2.36. The fraction of sp³-hybridized carbons (Fsp3) is 0.333. The van der Waals surface area contributed by atoms with E-state index in [2.05, 4.69) is 51.1 Å². The minimum Gasteiger partial charge on any atom is -0.375 e. The molecule has 0 saturated carbocycles. The standard InChI is InChI=1S/C15H18BrNOS/c1-3-17-14(12-9-19-10-13(12)16)15(18-2)11-7-5-4-6-8-11/h4-10,14-15,17H,3H2,1-2H3. The third-order valence-corrected chi connectivity index (χ3v) is 4.84. The highest BCUT2D eigenvalue weighted by molar-refractivity contribution is 9.10. The predicted octanol–water partition coefficient (Wildman–Crippen LogP) is 4.55. The molecule has 0 aliphatic rings. The summed E-state index contributed by atoms with van der Waals surface area (Å²) in [4.78, 5) is 0. The van der Waals surface area contributed by atoms with E-state index in [1.807, 2.05) is 18.2 Å². The molecule has 0 fully saturated rings. The number of hydrogen-bond acceptors (Lipinski definition) is 3. The summed E-state index contributed by atoms with van der Waals surface area (Å²) < 4.78 is 6.89. The van der Waals surface area contributed by atoms with E-state index in [0.29, 0.717) is 0 Å². The Hall–Kier alpha value is -0.680. The second-order valence-electron chi connectivity index (χ2n) is 4.28. The van der Waals surface area contributed by atoms with Gasteiger partial charge in [-0.15, -0.1) is 0 Å². The van der Waals surface area contributed by atoms with Crippen LogP contribution in [-0.2, 0) is 4.74 Å². The van der Waals surface area contributed by atoms with Crippen molar-refractivity contribution in [3.05, 3.63) is 56.7 Å². The van der Waals surface area contributed by atoms with Crippen molar-refractivity contribution in [2.45, 2.75) is 19.1 Å². The molecule has 2 nitrogen and oxygen atoms in total. The molecule has 2 rings (SSSR count). The van der Waals surface area contributed by atoms with Crippen LogP contribution >= 0.6 is 27.3 Å². The average molecular weight is 340 g/mol. The van der Waals surface area contributed by atoms with Crippen LogP contribution in [0.4, 0.5) is 0 Å². The summed E-state index contributed by atoms with van der Waals surface area (Å²) in [6.45, 7) is 3.02. The van der Waals surface area contributed by atoms with Gasteiger partial charge in [-0.05, 0) is 39.0 Å². The summed E-state index contributed by atoms with van der Waals surface area (Å²) in [5, 5.41) is 7.81. The topological polar surface area (TPSA) is 21.3 Å². The summed E-state index contributed by atoms with van der Waals surface area (Å²) in [7, 11) is 1.77. The summed E-state index contributed by atoms with van der Waals surface area (Å²) in [5.41, 5.74) is 2.44. The van der Waals surface area contributed by atoms with Gasteiger partial charge in [0.25, 0.3) is 0 Å². The Morgan fingerprint density at radius 3 is 2.53 bits per heavy atom. The van der Waals surface area contributed by atoms with Gasteiger partial charge in [-0.1, -0.05) is 37.3 Å². The van der Waals surface area contributed by atoms with Gasteiger partial charge in [0.05, 0.1) is 6.04 Å². The van der Waals surface area contributed by atoms with Crippen molar-refractivity contribution < 1.29 is 4.74 Å². The summed E-state index contributed by atoms with van der Waals surface area (Å²) in [5.74, 6) is 0. The van der Waals surface area contributed by atoms with Crippen molar-refractivity contribution in [1.82, 2.24) is 5.32 Å². The molecule has 0 spiro atoms. The molecule has 0 aliphatic heterocycles. The molecule has 102 valence electrons. The van der Waals surface area contributed by atoms with Crippen LogP contribution in [0.25, 0.3) is 0 Å². The number of likely N-dealkylation sites (N-methyl/N-ethyl adjacent to an activating group) is 1. The van der Waals surface area contributed by atoms with E-state index < -0.39 is 0 Å². The number of methoxy groups -OCH3 is 1. The molecular weight excluding hydrogens is 322 g/mol. The first-order valence-electron chi connectivity index (χ1n) is 6.30. The molecule has 0 bridgehead atoms. The molecule has 2 aromatic rings. The number of benzene rings is 1. The lowest BCUT2D eigenvalue weighted by Crippen LogP contribution is -2.28. The van der Waals surface area contributed by atoms with E-state index in [-0.39, 0.29) is 12.1 Å². The highest BCUT2D eigenvalue weighted by atomic mass is 79.9. The Balaban J connectivity index is 2.34. The van der Waals surface area contributed by atoms with Crippen LogP contribution in [-0.4, -0.2) is 13.7 Å². The molecule has 2 atom stereocenters. The summed E-state index contributed by atoms with van der Waals surface area (Å²) in [6, 6.07) is 10.5. The monoisotopic (exact) mass is 339 g/mol. The lowest BCUT2D eigenvalue weighted by molar-refractivity contribution is 0.0680. The first-order chi connectivity index (χ1) is 9.27. The number of ether oxygens (including phenoxy) is 1. The quantitative estimate of drug-likeness (QED) is 0.833. The first kappa shape index (κ1) is 14.7.